The van der Waals surface area contributed by atoms with Crippen LogP contribution in [-0.4, -0.2) is 18.7 Å². The van der Waals surface area contributed by atoms with E-state index < -0.39 is 5.60 Å². The molecule has 3 heteroatoms. The molecule has 1 aromatic heterocycles. The first kappa shape index (κ1) is 14.3. The quantitative estimate of drug-likeness (QED) is 0.752. The smallest absolute Gasteiger partial charge is 0.125 e. The van der Waals surface area contributed by atoms with Crippen molar-refractivity contribution in [3.63, 3.8) is 0 Å². The summed E-state index contributed by atoms with van der Waals surface area (Å²) < 4.78 is 0. The van der Waals surface area contributed by atoms with E-state index in [9.17, 15) is 5.11 Å². The van der Waals surface area contributed by atoms with Crippen LogP contribution < -0.4 is 5.32 Å². The van der Waals surface area contributed by atoms with Crippen molar-refractivity contribution in [2.24, 2.45) is 0 Å². The van der Waals surface area contributed by atoms with Crippen LogP contribution in [0.2, 0.25) is 0 Å². The fraction of sp³-hybridized carbons (Fsp3) is 0.222. The van der Waals surface area contributed by atoms with Gasteiger partial charge in [0, 0.05) is 4.88 Å². The Bertz CT molecular complexity index is 718. The van der Waals surface area contributed by atoms with Crippen LogP contribution in [0.3, 0.4) is 0 Å². The molecule has 0 aliphatic heterocycles. The second-order valence-electron chi connectivity index (χ2n) is 5.22. The molecule has 0 spiro atoms. The monoisotopic (exact) mass is 297 g/mol. The van der Waals surface area contributed by atoms with Crippen molar-refractivity contribution < 1.29 is 5.11 Å². The summed E-state index contributed by atoms with van der Waals surface area (Å²) in [5.74, 6) is 0. The molecule has 1 atom stereocenters. The summed E-state index contributed by atoms with van der Waals surface area (Å²) >= 11 is 1.61. The van der Waals surface area contributed by atoms with Crippen molar-refractivity contribution in [1.29, 1.82) is 0 Å². The minimum atomic E-state index is -0.946. The van der Waals surface area contributed by atoms with Gasteiger partial charge in [0.15, 0.2) is 0 Å². The van der Waals surface area contributed by atoms with Crippen LogP contribution in [-0.2, 0) is 5.60 Å². The molecule has 3 aromatic rings. The molecule has 2 nitrogen and oxygen atoms in total. The maximum Gasteiger partial charge on any atom is 0.125 e. The number of aliphatic hydroxyl groups is 1. The van der Waals surface area contributed by atoms with Crippen LogP contribution in [0.15, 0.2) is 60.0 Å². The fourth-order valence-electron chi connectivity index (χ4n) is 2.80. The average Bonchev–Trinajstić information content (AvgIpc) is 3.07. The summed E-state index contributed by atoms with van der Waals surface area (Å²) in [4.78, 5) is 0.995. The lowest BCUT2D eigenvalue weighted by Gasteiger charge is -2.29. The molecular formula is C18H19NOS. The highest BCUT2D eigenvalue weighted by Crippen LogP contribution is 2.39. The lowest BCUT2D eigenvalue weighted by Crippen LogP contribution is -2.30. The van der Waals surface area contributed by atoms with E-state index in [1.54, 1.807) is 11.3 Å². The van der Waals surface area contributed by atoms with Crippen LogP contribution in [0.5, 0.6) is 0 Å². The van der Waals surface area contributed by atoms with Crippen molar-refractivity contribution in [3.05, 3.63) is 70.4 Å². The molecule has 3 rings (SSSR count). The summed E-state index contributed by atoms with van der Waals surface area (Å²) in [6, 6.07) is 18.4. The first-order chi connectivity index (χ1) is 10.3. The summed E-state index contributed by atoms with van der Waals surface area (Å²) in [6.45, 7) is 0.762. The van der Waals surface area contributed by atoms with E-state index in [0.29, 0.717) is 6.42 Å². The van der Waals surface area contributed by atoms with Crippen LogP contribution >= 0.6 is 11.3 Å². The zero-order chi connectivity index (χ0) is 14.7. The van der Waals surface area contributed by atoms with Crippen molar-refractivity contribution >= 4 is 22.1 Å². The number of rotatable bonds is 5. The maximum atomic E-state index is 11.4. The fourth-order valence-corrected chi connectivity index (χ4v) is 3.66. The zero-order valence-corrected chi connectivity index (χ0v) is 12.9. The van der Waals surface area contributed by atoms with Crippen molar-refractivity contribution in [2.75, 3.05) is 13.6 Å². The SMILES string of the molecule is CNCC[C@@](O)(c1cccs1)c1cccc2ccccc12. The summed E-state index contributed by atoms with van der Waals surface area (Å²) in [5.41, 5.74) is 0.0381. The number of thiophene rings is 1. The normalized spacial score (nSPS) is 14.2. The first-order valence-corrected chi connectivity index (χ1v) is 8.03. The van der Waals surface area contributed by atoms with Gasteiger partial charge in [0.2, 0.25) is 0 Å². The topological polar surface area (TPSA) is 32.3 Å². The Kier molecular flexibility index (Phi) is 4.06. The van der Waals surface area contributed by atoms with E-state index in [4.69, 9.17) is 0 Å². The molecule has 21 heavy (non-hydrogen) atoms. The van der Waals surface area contributed by atoms with Crippen LogP contribution in [0.1, 0.15) is 16.9 Å². The standard InChI is InChI=1S/C18H19NOS/c1-19-12-11-18(20,17-10-5-13-21-17)16-9-4-7-14-6-2-3-8-15(14)16/h2-10,13,19-20H,11-12H2,1H3/t18-/m0/s1. The molecule has 0 radical (unpaired) electrons. The Morgan fingerprint density at radius 2 is 1.86 bits per heavy atom. The molecule has 0 amide bonds. The zero-order valence-electron chi connectivity index (χ0n) is 12.0. The molecule has 0 aliphatic rings. The Labute approximate surface area is 129 Å². The van der Waals surface area contributed by atoms with Gasteiger partial charge in [0.1, 0.15) is 5.60 Å². The second-order valence-corrected chi connectivity index (χ2v) is 6.17. The van der Waals surface area contributed by atoms with Gasteiger partial charge in [-0.15, -0.1) is 11.3 Å². The number of fused-ring (bicyclic) bond motifs is 1. The average molecular weight is 297 g/mol. The van der Waals surface area contributed by atoms with Crippen LogP contribution in [0.25, 0.3) is 10.8 Å². The summed E-state index contributed by atoms with van der Waals surface area (Å²) in [6.07, 6.45) is 0.651. The van der Waals surface area contributed by atoms with Gasteiger partial charge in [-0.3, -0.25) is 0 Å². The van der Waals surface area contributed by atoms with Crippen molar-refractivity contribution in [1.82, 2.24) is 5.32 Å². The molecule has 108 valence electrons. The molecule has 0 bridgehead atoms. The van der Waals surface area contributed by atoms with Gasteiger partial charge < -0.3 is 10.4 Å². The van der Waals surface area contributed by atoms with E-state index in [0.717, 1.165) is 27.8 Å². The minimum Gasteiger partial charge on any atom is -0.379 e. The predicted molar refractivity (Wildman–Crippen MR) is 89.8 cm³/mol. The molecule has 0 aliphatic carbocycles. The summed E-state index contributed by atoms with van der Waals surface area (Å²) in [7, 11) is 1.91. The van der Waals surface area contributed by atoms with Gasteiger partial charge >= 0.3 is 0 Å². The lowest BCUT2D eigenvalue weighted by molar-refractivity contribution is 0.0770. The number of hydrogen-bond donors (Lipinski definition) is 2. The van der Waals surface area contributed by atoms with Gasteiger partial charge in [-0.1, -0.05) is 48.5 Å². The number of benzene rings is 2. The first-order valence-electron chi connectivity index (χ1n) is 7.15. The van der Waals surface area contributed by atoms with E-state index >= 15 is 0 Å². The van der Waals surface area contributed by atoms with Gasteiger partial charge in [0.05, 0.1) is 0 Å². The second kappa shape index (κ2) is 5.98. The third kappa shape index (κ3) is 2.60. The molecule has 0 fully saturated rings. The highest BCUT2D eigenvalue weighted by atomic mass is 32.1. The van der Waals surface area contributed by atoms with E-state index in [1.807, 2.05) is 48.8 Å². The molecule has 2 N–H and O–H groups in total. The Morgan fingerprint density at radius 1 is 1.05 bits per heavy atom. The highest BCUT2D eigenvalue weighted by molar-refractivity contribution is 7.10. The molecule has 0 saturated carbocycles. The number of hydrogen-bond acceptors (Lipinski definition) is 3. The third-order valence-corrected chi connectivity index (χ3v) is 4.92. The molecular weight excluding hydrogens is 278 g/mol. The van der Waals surface area contributed by atoms with Crippen molar-refractivity contribution in [2.45, 2.75) is 12.0 Å². The summed E-state index contributed by atoms with van der Waals surface area (Å²) in [5, 5.41) is 18.9. The van der Waals surface area contributed by atoms with Crippen molar-refractivity contribution in [3.8, 4) is 0 Å². The predicted octanol–water partition coefficient (Wildman–Crippen LogP) is 3.75. The van der Waals surface area contributed by atoms with E-state index in [1.165, 1.54) is 0 Å². The Balaban J connectivity index is 2.19. The highest BCUT2D eigenvalue weighted by Gasteiger charge is 2.33. The Morgan fingerprint density at radius 3 is 2.62 bits per heavy atom. The van der Waals surface area contributed by atoms with Crippen LogP contribution in [0, 0.1) is 0 Å². The molecule has 0 saturated heterocycles. The maximum absolute atomic E-state index is 11.4. The van der Waals surface area contributed by atoms with E-state index in [-0.39, 0.29) is 0 Å². The molecule has 1 heterocycles. The van der Waals surface area contributed by atoms with Gasteiger partial charge in [-0.2, -0.15) is 0 Å². The van der Waals surface area contributed by atoms with E-state index in [2.05, 4.69) is 23.5 Å². The Hall–Kier alpha value is -1.68. The van der Waals surface area contributed by atoms with Crippen LogP contribution in [0.4, 0.5) is 0 Å². The molecule has 2 aromatic carbocycles. The molecule has 0 unspecified atom stereocenters. The third-order valence-electron chi connectivity index (χ3n) is 3.90. The van der Waals surface area contributed by atoms with Gasteiger partial charge in [-0.05, 0) is 47.8 Å². The largest absolute Gasteiger partial charge is 0.379 e. The van der Waals surface area contributed by atoms with Gasteiger partial charge in [0.25, 0.3) is 0 Å². The number of nitrogens with one attached hydrogen (secondary N) is 1. The van der Waals surface area contributed by atoms with Gasteiger partial charge in [-0.25, -0.2) is 0 Å². The lowest BCUT2D eigenvalue weighted by atomic mass is 9.85. The minimum absolute atomic E-state index is 0.651.